The summed E-state index contributed by atoms with van der Waals surface area (Å²) in [5.74, 6) is 1.78. The number of aromatic amines is 1. The number of hydrogen-bond acceptors (Lipinski definition) is 3. The molecule has 120 valence electrons. The maximum absolute atomic E-state index is 4.41. The summed E-state index contributed by atoms with van der Waals surface area (Å²) in [6.07, 6.45) is 2.00. The molecule has 5 heteroatoms. The lowest BCUT2D eigenvalue weighted by molar-refractivity contribution is 0.794. The fourth-order valence-electron chi connectivity index (χ4n) is 2.88. The van der Waals surface area contributed by atoms with Gasteiger partial charge in [0.15, 0.2) is 11.0 Å². The Balaban J connectivity index is 1.61. The molecule has 0 aliphatic heterocycles. The van der Waals surface area contributed by atoms with Crippen LogP contribution in [0.15, 0.2) is 59.9 Å². The normalized spacial score (nSPS) is 11.2. The largest absolute Gasteiger partial charge is 0.360 e. The fourth-order valence-corrected chi connectivity index (χ4v) is 3.74. The van der Waals surface area contributed by atoms with E-state index in [0.717, 1.165) is 27.8 Å². The van der Waals surface area contributed by atoms with E-state index in [0.29, 0.717) is 0 Å². The Kier molecular flexibility index (Phi) is 3.86. The molecule has 2 aromatic carbocycles. The third-order valence-corrected chi connectivity index (χ3v) is 5.21. The molecule has 0 saturated carbocycles. The van der Waals surface area contributed by atoms with Crippen molar-refractivity contribution in [3.63, 3.8) is 0 Å². The fraction of sp³-hybridized carbons (Fsp3) is 0.158. The highest BCUT2D eigenvalue weighted by Gasteiger charge is 2.14. The predicted molar refractivity (Wildman–Crippen MR) is 99.0 cm³/mol. The zero-order valence-corrected chi connectivity index (χ0v) is 14.5. The van der Waals surface area contributed by atoms with E-state index >= 15 is 0 Å². The van der Waals surface area contributed by atoms with Crippen LogP contribution in [0.2, 0.25) is 0 Å². The topological polar surface area (TPSA) is 46.5 Å². The monoisotopic (exact) mass is 334 g/mol. The van der Waals surface area contributed by atoms with E-state index in [1.165, 1.54) is 16.5 Å². The van der Waals surface area contributed by atoms with Crippen LogP contribution in [0.4, 0.5) is 0 Å². The molecule has 0 fully saturated rings. The predicted octanol–water partition coefficient (Wildman–Crippen LogP) is 4.56. The first kappa shape index (κ1) is 15.0. The highest BCUT2D eigenvalue weighted by molar-refractivity contribution is 7.98. The number of rotatable bonds is 4. The highest BCUT2D eigenvalue weighted by Crippen LogP contribution is 2.30. The number of nitrogens with one attached hydrogen (secondary N) is 1. The molecule has 1 N–H and O–H groups in total. The van der Waals surface area contributed by atoms with Crippen molar-refractivity contribution in [3.05, 3.63) is 65.9 Å². The van der Waals surface area contributed by atoms with E-state index in [1.807, 2.05) is 25.4 Å². The van der Waals surface area contributed by atoms with Crippen molar-refractivity contribution < 1.29 is 0 Å². The van der Waals surface area contributed by atoms with E-state index in [1.54, 1.807) is 11.8 Å². The molecule has 2 aromatic heterocycles. The summed E-state index contributed by atoms with van der Waals surface area (Å²) in [6, 6.07) is 16.8. The van der Waals surface area contributed by atoms with Crippen LogP contribution in [0, 0.1) is 6.92 Å². The Morgan fingerprint density at radius 1 is 1.08 bits per heavy atom. The van der Waals surface area contributed by atoms with Crippen molar-refractivity contribution in [1.82, 2.24) is 19.7 Å². The molecule has 0 unspecified atom stereocenters. The molecule has 4 nitrogen and oxygen atoms in total. The van der Waals surface area contributed by atoms with Crippen molar-refractivity contribution in [2.24, 2.45) is 7.05 Å². The molecule has 0 saturated heterocycles. The third-order valence-electron chi connectivity index (χ3n) is 4.12. The van der Waals surface area contributed by atoms with Gasteiger partial charge < -0.3 is 9.55 Å². The van der Waals surface area contributed by atoms with Gasteiger partial charge in [-0.2, -0.15) is 0 Å². The summed E-state index contributed by atoms with van der Waals surface area (Å²) in [4.78, 5) is 3.30. The Bertz CT molecular complexity index is 999. The standard InChI is InChI=1S/C19H18N4S/c1-13-6-5-7-14(10-13)12-24-19-22-21-18(23(19)2)16-11-20-17-9-4-3-8-15(16)17/h3-11,20H,12H2,1-2H3. The Morgan fingerprint density at radius 3 is 2.83 bits per heavy atom. The van der Waals surface area contributed by atoms with Crippen molar-refractivity contribution in [3.8, 4) is 11.4 Å². The Hall–Kier alpha value is -2.53. The van der Waals surface area contributed by atoms with Crippen LogP contribution >= 0.6 is 11.8 Å². The molecule has 0 aliphatic carbocycles. The lowest BCUT2D eigenvalue weighted by atomic mass is 10.1. The van der Waals surface area contributed by atoms with Crippen LogP contribution in [0.3, 0.4) is 0 Å². The average molecular weight is 334 g/mol. The number of H-pyrrole nitrogens is 1. The van der Waals surface area contributed by atoms with E-state index in [2.05, 4.69) is 63.1 Å². The van der Waals surface area contributed by atoms with Gasteiger partial charge >= 0.3 is 0 Å². The average Bonchev–Trinajstić information content (AvgIpc) is 3.16. The molecular formula is C19H18N4S. The summed E-state index contributed by atoms with van der Waals surface area (Å²) in [5.41, 5.74) is 4.79. The number of thioether (sulfide) groups is 1. The third kappa shape index (κ3) is 2.71. The number of nitrogens with zero attached hydrogens (tertiary/aromatic N) is 3. The first-order chi connectivity index (χ1) is 11.7. The number of para-hydroxylation sites is 1. The van der Waals surface area contributed by atoms with Crippen molar-refractivity contribution in [1.29, 1.82) is 0 Å². The van der Waals surface area contributed by atoms with Crippen molar-refractivity contribution in [2.45, 2.75) is 17.8 Å². The minimum absolute atomic E-state index is 0.888. The van der Waals surface area contributed by atoms with Crippen LogP contribution in [0.25, 0.3) is 22.3 Å². The van der Waals surface area contributed by atoms with Gasteiger partial charge in [0, 0.05) is 35.5 Å². The molecule has 4 rings (SSSR count). The number of fused-ring (bicyclic) bond motifs is 1. The first-order valence-corrected chi connectivity index (χ1v) is 8.85. The van der Waals surface area contributed by atoms with Crippen LogP contribution in [0.1, 0.15) is 11.1 Å². The molecule has 4 aromatic rings. The van der Waals surface area contributed by atoms with Crippen LogP contribution in [0.5, 0.6) is 0 Å². The van der Waals surface area contributed by atoms with Gasteiger partial charge in [0.2, 0.25) is 0 Å². The molecule has 24 heavy (non-hydrogen) atoms. The molecule has 0 bridgehead atoms. The smallest absolute Gasteiger partial charge is 0.191 e. The molecule has 0 radical (unpaired) electrons. The number of benzene rings is 2. The number of aryl methyl sites for hydroxylation is 1. The van der Waals surface area contributed by atoms with E-state index < -0.39 is 0 Å². The van der Waals surface area contributed by atoms with Gasteiger partial charge in [0.05, 0.1) is 0 Å². The second kappa shape index (κ2) is 6.17. The van der Waals surface area contributed by atoms with Gasteiger partial charge in [0.25, 0.3) is 0 Å². The lowest BCUT2D eigenvalue weighted by Crippen LogP contribution is -1.94. The highest BCUT2D eigenvalue weighted by atomic mass is 32.2. The molecule has 2 heterocycles. The van der Waals surface area contributed by atoms with Gasteiger partial charge in [-0.05, 0) is 18.6 Å². The zero-order chi connectivity index (χ0) is 16.5. The maximum atomic E-state index is 4.41. The van der Waals surface area contributed by atoms with Crippen LogP contribution in [-0.4, -0.2) is 19.7 Å². The maximum Gasteiger partial charge on any atom is 0.191 e. The Labute approximate surface area is 144 Å². The lowest BCUT2D eigenvalue weighted by Gasteiger charge is -2.04. The summed E-state index contributed by atoms with van der Waals surface area (Å²) in [7, 11) is 2.02. The van der Waals surface area contributed by atoms with E-state index in [-0.39, 0.29) is 0 Å². The number of aromatic nitrogens is 4. The molecular weight excluding hydrogens is 316 g/mol. The summed E-state index contributed by atoms with van der Waals surface area (Å²) in [5, 5.41) is 10.9. The molecule has 0 atom stereocenters. The minimum atomic E-state index is 0.888. The van der Waals surface area contributed by atoms with Gasteiger partial charge in [-0.15, -0.1) is 10.2 Å². The van der Waals surface area contributed by atoms with Gasteiger partial charge in [-0.3, -0.25) is 0 Å². The number of hydrogen-bond donors (Lipinski definition) is 1. The Morgan fingerprint density at radius 2 is 1.96 bits per heavy atom. The first-order valence-electron chi connectivity index (χ1n) is 7.86. The van der Waals surface area contributed by atoms with Crippen molar-refractivity contribution in [2.75, 3.05) is 0 Å². The molecule has 0 aliphatic rings. The summed E-state index contributed by atoms with van der Waals surface area (Å²) < 4.78 is 2.07. The molecule has 0 spiro atoms. The zero-order valence-electron chi connectivity index (χ0n) is 13.7. The summed E-state index contributed by atoms with van der Waals surface area (Å²) in [6.45, 7) is 2.12. The SMILES string of the molecule is Cc1cccc(CSc2nnc(-c3c[nH]c4ccccc34)n2C)c1. The van der Waals surface area contributed by atoms with E-state index in [4.69, 9.17) is 0 Å². The molecule has 0 amide bonds. The minimum Gasteiger partial charge on any atom is -0.360 e. The van der Waals surface area contributed by atoms with Crippen LogP contribution < -0.4 is 0 Å². The van der Waals surface area contributed by atoms with Crippen molar-refractivity contribution >= 4 is 22.7 Å². The van der Waals surface area contributed by atoms with Gasteiger partial charge in [0.1, 0.15) is 0 Å². The quantitative estimate of drug-likeness (QED) is 0.556. The van der Waals surface area contributed by atoms with Gasteiger partial charge in [-0.25, -0.2) is 0 Å². The summed E-state index contributed by atoms with van der Waals surface area (Å²) >= 11 is 1.71. The second-order valence-electron chi connectivity index (χ2n) is 5.89. The van der Waals surface area contributed by atoms with Gasteiger partial charge in [-0.1, -0.05) is 59.8 Å². The van der Waals surface area contributed by atoms with E-state index in [9.17, 15) is 0 Å². The van der Waals surface area contributed by atoms with Crippen LogP contribution in [-0.2, 0) is 12.8 Å². The second-order valence-corrected chi connectivity index (χ2v) is 6.83.